The van der Waals surface area contributed by atoms with Crippen LogP contribution in [0.3, 0.4) is 0 Å². The van der Waals surface area contributed by atoms with Gasteiger partial charge in [-0.2, -0.15) is 5.10 Å². The van der Waals surface area contributed by atoms with E-state index in [1.807, 2.05) is 25.1 Å². The third-order valence-electron chi connectivity index (χ3n) is 3.01. The van der Waals surface area contributed by atoms with Crippen LogP contribution >= 0.6 is 0 Å². The molecular formula is C14H19N5O. The molecule has 0 saturated heterocycles. The van der Waals surface area contributed by atoms with E-state index in [4.69, 9.17) is 0 Å². The zero-order valence-electron chi connectivity index (χ0n) is 11.6. The van der Waals surface area contributed by atoms with Gasteiger partial charge < -0.3 is 5.32 Å². The Balaban J connectivity index is 1.65. The van der Waals surface area contributed by atoms with E-state index in [-0.39, 0.29) is 11.8 Å². The van der Waals surface area contributed by atoms with E-state index < -0.39 is 0 Å². The molecule has 2 rings (SSSR count). The monoisotopic (exact) mass is 273 g/mol. The van der Waals surface area contributed by atoms with Crippen molar-refractivity contribution in [3.63, 3.8) is 0 Å². The molecule has 0 fully saturated rings. The van der Waals surface area contributed by atoms with Crippen molar-refractivity contribution in [2.24, 2.45) is 5.92 Å². The second-order valence-electron chi connectivity index (χ2n) is 4.73. The molecule has 6 nitrogen and oxygen atoms in total. The van der Waals surface area contributed by atoms with E-state index in [9.17, 15) is 4.79 Å². The Morgan fingerprint density at radius 1 is 1.45 bits per heavy atom. The van der Waals surface area contributed by atoms with E-state index in [1.165, 1.54) is 6.33 Å². The van der Waals surface area contributed by atoms with Crippen LogP contribution in [-0.2, 0) is 17.8 Å². The van der Waals surface area contributed by atoms with Crippen LogP contribution < -0.4 is 5.32 Å². The highest BCUT2D eigenvalue weighted by molar-refractivity contribution is 5.78. The molecule has 1 amide bonds. The Labute approximate surface area is 118 Å². The van der Waals surface area contributed by atoms with Crippen LogP contribution in [0.4, 0.5) is 0 Å². The molecule has 0 aromatic carbocycles. The molecule has 0 bridgehead atoms. The van der Waals surface area contributed by atoms with Crippen LogP contribution in [0.1, 0.15) is 19.0 Å². The van der Waals surface area contributed by atoms with Gasteiger partial charge in [0.2, 0.25) is 5.91 Å². The average molecular weight is 273 g/mol. The summed E-state index contributed by atoms with van der Waals surface area (Å²) in [5.74, 6) is -0.0759. The Morgan fingerprint density at radius 3 is 3.05 bits per heavy atom. The molecule has 106 valence electrons. The van der Waals surface area contributed by atoms with Crippen molar-refractivity contribution in [2.45, 2.75) is 26.3 Å². The summed E-state index contributed by atoms with van der Waals surface area (Å²) in [6, 6.07) is 5.87. The number of aromatic nitrogens is 4. The first-order valence-electron chi connectivity index (χ1n) is 6.76. The average Bonchev–Trinajstić information content (AvgIpc) is 2.97. The molecule has 1 atom stereocenters. The predicted molar refractivity (Wildman–Crippen MR) is 74.8 cm³/mol. The van der Waals surface area contributed by atoms with E-state index in [1.54, 1.807) is 17.2 Å². The molecule has 2 aromatic heterocycles. The first-order chi connectivity index (χ1) is 9.75. The second-order valence-corrected chi connectivity index (χ2v) is 4.73. The Bertz CT molecular complexity index is 512. The van der Waals surface area contributed by atoms with Crippen LogP contribution in [0.2, 0.25) is 0 Å². The first-order valence-corrected chi connectivity index (χ1v) is 6.76. The fraction of sp³-hybridized carbons (Fsp3) is 0.429. The number of nitrogens with zero attached hydrogens (tertiary/aromatic N) is 4. The number of carbonyl (C=O) groups excluding carboxylic acids is 1. The lowest BCUT2D eigenvalue weighted by atomic mass is 10.1. The summed E-state index contributed by atoms with van der Waals surface area (Å²) in [7, 11) is 0. The zero-order chi connectivity index (χ0) is 14.2. The van der Waals surface area contributed by atoms with Crippen molar-refractivity contribution in [3.8, 4) is 0 Å². The van der Waals surface area contributed by atoms with Gasteiger partial charge in [-0.1, -0.05) is 13.0 Å². The summed E-state index contributed by atoms with van der Waals surface area (Å²) in [6.07, 6.45) is 6.63. The zero-order valence-corrected chi connectivity index (χ0v) is 11.6. The maximum absolute atomic E-state index is 11.9. The molecule has 0 radical (unpaired) electrons. The Kier molecular flexibility index (Phi) is 5.23. The largest absolute Gasteiger partial charge is 0.356 e. The highest BCUT2D eigenvalue weighted by atomic mass is 16.1. The summed E-state index contributed by atoms with van der Waals surface area (Å²) >= 11 is 0. The molecule has 0 aliphatic heterocycles. The van der Waals surface area contributed by atoms with Crippen molar-refractivity contribution in [1.82, 2.24) is 25.1 Å². The SMILES string of the molecule is CC(Cn1cncn1)C(=O)NCCCc1ccccn1. The minimum Gasteiger partial charge on any atom is -0.356 e. The molecule has 1 N–H and O–H groups in total. The standard InChI is InChI=1S/C14H19N5O/c1-12(9-19-11-15-10-18-19)14(20)17-8-4-6-13-5-2-3-7-16-13/h2-3,5,7,10-12H,4,6,8-9H2,1H3,(H,17,20). The lowest BCUT2D eigenvalue weighted by Gasteiger charge is -2.11. The summed E-state index contributed by atoms with van der Waals surface area (Å²) in [6.45, 7) is 3.10. The van der Waals surface area contributed by atoms with Crippen molar-refractivity contribution >= 4 is 5.91 Å². The minimum absolute atomic E-state index is 0.0431. The van der Waals surface area contributed by atoms with Gasteiger partial charge in [-0.3, -0.25) is 14.5 Å². The van der Waals surface area contributed by atoms with Crippen LogP contribution in [0.5, 0.6) is 0 Å². The number of pyridine rings is 1. The van der Waals surface area contributed by atoms with Gasteiger partial charge in [0.15, 0.2) is 0 Å². The number of hydrogen-bond acceptors (Lipinski definition) is 4. The number of amides is 1. The van der Waals surface area contributed by atoms with Crippen LogP contribution in [0, 0.1) is 5.92 Å². The summed E-state index contributed by atoms with van der Waals surface area (Å²) in [5.41, 5.74) is 1.05. The summed E-state index contributed by atoms with van der Waals surface area (Å²) in [5, 5.41) is 6.93. The number of hydrogen-bond donors (Lipinski definition) is 1. The summed E-state index contributed by atoms with van der Waals surface area (Å²) < 4.78 is 1.66. The van der Waals surface area contributed by atoms with Gasteiger partial charge in [0.05, 0.1) is 12.5 Å². The van der Waals surface area contributed by atoms with Gasteiger partial charge in [-0.25, -0.2) is 4.98 Å². The molecule has 0 aliphatic rings. The van der Waals surface area contributed by atoms with Gasteiger partial charge >= 0.3 is 0 Å². The van der Waals surface area contributed by atoms with Gasteiger partial charge in [0, 0.05) is 18.4 Å². The topological polar surface area (TPSA) is 72.7 Å². The van der Waals surface area contributed by atoms with E-state index in [0.717, 1.165) is 18.5 Å². The van der Waals surface area contributed by atoms with E-state index in [2.05, 4.69) is 20.4 Å². The summed E-state index contributed by atoms with van der Waals surface area (Å²) in [4.78, 5) is 20.0. The van der Waals surface area contributed by atoms with Crippen LogP contribution in [0.25, 0.3) is 0 Å². The fourth-order valence-corrected chi connectivity index (χ4v) is 1.89. The van der Waals surface area contributed by atoms with Crippen molar-refractivity contribution in [3.05, 3.63) is 42.7 Å². The predicted octanol–water partition coefficient (Wildman–Crippen LogP) is 1.06. The molecule has 2 aromatic rings. The van der Waals surface area contributed by atoms with Gasteiger partial charge in [0.25, 0.3) is 0 Å². The van der Waals surface area contributed by atoms with Crippen LogP contribution in [0.15, 0.2) is 37.1 Å². The second kappa shape index (κ2) is 7.37. The number of nitrogens with one attached hydrogen (secondary N) is 1. The number of rotatable bonds is 7. The molecule has 0 saturated carbocycles. The highest BCUT2D eigenvalue weighted by Crippen LogP contribution is 2.00. The number of aryl methyl sites for hydroxylation is 1. The van der Waals surface area contributed by atoms with Gasteiger partial charge in [0.1, 0.15) is 12.7 Å². The minimum atomic E-state index is -0.119. The number of carbonyl (C=O) groups is 1. The first kappa shape index (κ1) is 14.2. The molecular weight excluding hydrogens is 254 g/mol. The van der Waals surface area contributed by atoms with E-state index in [0.29, 0.717) is 13.1 Å². The lowest BCUT2D eigenvalue weighted by Crippen LogP contribution is -2.32. The lowest BCUT2D eigenvalue weighted by molar-refractivity contribution is -0.124. The quantitative estimate of drug-likeness (QED) is 0.766. The van der Waals surface area contributed by atoms with Crippen LogP contribution in [-0.4, -0.2) is 32.2 Å². The Hall–Kier alpha value is -2.24. The smallest absolute Gasteiger partial charge is 0.224 e. The molecule has 6 heteroatoms. The molecule has 20 heavy (non-hydrogen) atoms. The normalized spacial score (nSPS) is 12.1. The molecule has 0 spiro atoms. The van der Waals surface area contributed by atoms with Gasteiger partial charge in [-0.15, -0.1) is 0 Å². The maximum Gasteiger partial charge on any atom is 0.224 e. The third kappa shape index (κ3) is 4.46. The Morgan fingerprint density at radius 2 is 2.35 bits per heavy atom. The highest BCUT2D eigenvalue weighted by Gasteiger charge is 2.13. The van der Waals surface area contributed by atoms with Crippen molar-refractivity contribution in [2.75, 3.05) is 6.54 Å². The van der Waals surface area contributed by atoms with Crippen molar-refractivity contribution < 1.29 is 4.79 Å². The van der Waals surface area contributed by atoms with Gasteiger partial charge in [-0.05, 0) is 25.0 Å². The fourth-order valence-electron chi connectivity index (χ4n) is 1.89. The molecule has 0 aliphatic carbocycles. The third-order valence-corrected chi connectivity index (χ3v) is 3.01. The maximum atomic E-state index is 11.9. The van der Waals surface area contributed by atoms with E-state index >= 15 is 0 Å². The molecule has 1 unspecified atom stereocenters. The molecule has 2 heterocycles. The van der Waals surface area contributed by atoms with Crippen molar-refractivity contribution in [1.29, 1.82) is 0 Å².